The van der Waals surface area contributed by atoms with E-state index in [-0.39, 0.29) is 16.9 Å². The largest absolute Gasteiger partial charge is 0.348 e. The minimum Gasteiger partial charge on any atom is -0.348 e. The van der Waals surface area contributed by atoms with Gasteiger partial charge in [0.05, 0.1) is 25.9 Å². The van der Waals surface area contributed by atoms with Crippen molar-refractivity contribution in [2.24, 2.45) is 10.9 Å². The van der Waals surface area contributed by atoms with Gasteiger partial charge in [-0.25, -0.2) is 15.8 Å². The van der Waals surface area contributed by atoms with Gasteiger partial charge in [0, 0.05) is 30.7 Å². The molecule has 2 fully saturated rings. The molecule has 1 aliphatic carbocycles. The Hall–Kier alpha value is -3.09. The number of nitrogens with zero attached hydrogens (tertiary/aromatic N) is 3. The van der Waals surface area contributed by atoms with Crippen LogP contribution < -0.4 is 27.8 Å². The maximum Gasteiger partial charge on any atom is 0.252 e. The Kier molecular flexibility index (Phi) is 6.47. The highest BCUT2D eigenvalue weighted by Gasteiger charge is 2.39. The molecule has 2 aromatic heterocycles. The first kappa shape index (κ1) is 19.7. The molecule has 0 radical (unpaired) electrons. The van der Waals surface area contributed by atoms with Crippen molar-refractivity contribution >= 4 is 17.3 Å². The summed E-state index contributed by atoms with van der Waals surface area (Å²) in [6.45, 7) is 1.36. The van der Waals surface area contributed by atoms with Gasteiger partial charge in [0.15, 0.2) is 11.6 Å². The van der Waals surface area contributed by atoms with Gasteiger partial charge >= 0.3 is 0 Å². The van der Waals surface area contributed by atoms with Crippen molar-refractivity contribution in [3.63, 3.8) is 0 Å². The molecule has 2 aliphatic rings. The maximum absolute atomic E-state index is 11.1. The highest BCUT2D eigenvalue weighted by molar-refractivity contribution is 5.85. The summed E-state index contributed by atoms with van der Waals surface area (Å²) in [4.78, 5) is 34.0. The summed E-state index contributed by atoms with van der Waals surface area (Å²) in [6, 6.07) is 2.64. The minimum absolute atomic E-state index is 0.201. The van der Waals surface area contributed by atoms with Crippen LogP contribution >= 0.6 is 0 Å². The molecule has 2 aromatic rings. The number of rotatable bonds is 3. The van der Waals surface area contributed by atoms with Gasteiger partial charge in [0.2, 0.25) is 0 Å². The first-order valence-corrected chi connectivity index (χ1v) is 8.74. The van der Waals surface area contributed by atoms with Crippen molar-refractivity contribution < 1.29 is 9.47 Å². The Labute approximate surface area is 159 Å². The summed E-state index contributed by atoms with van der Waals surface area (Å²) in [7, 11) is 0. The number of ether oxygens (including phenoxy) is 2. The molecule has 0 bridgehead atoms. The summed E-state index contributed by atoms with van der Waals surface area (Å²) in [5, 5.41) is 4.29. The highest BCUT2D eigenvalue weighted by Crippen LogP contribution is 2.34. The average Bonchev–Trinajstić information content (AvgIpc) is 3.16. The second kappa shape index (κ2) is 9.21. The topological polar surface area (TPSA) is 172 Å². The lowest BCUT2D eigenvalue weighted by atomic mass is 9.92. The monoisotopic (exact) mass is 390 g/mol. The van der Waals surface area contributed by atoms with Crippen molar-refractivity contribution in [2.75, 3.05) is 24.1 Å². The van der Waals surface area contributed by atoms with Crippen molar-refractivity contribution in [1.82, 2.24) is 19.9 Å². The number of nitrogens with two attached hydrogens (primary N) is 1. The van der Waals surface area contributed by atoms with E-state index in [0.717, 1.165) is 31.4 Å². The van der Waals surface area contributed by atoms with Crippen LogP contribution in [0.3, 0.4) is 0 Å². The smallest absolute Gasteiger partial charge is 0.252 e. The number of H-pyrrole nitrogens is 2. The molecule has 3 heterocycles. The molecule has 1 spiro atoms. The Balaban J connectivity index is 0.000000211. The van der Waals surface area contributed by atoms with Gasteiger partial charge in [-0.1, -0.05) is 0 Å². The molecular formula is C16H22N8O4. The zero-order chi connectivity index (χ0) is 19.8. The summed E-state index contributed by atoms with van der Waals surface area (Å²) in [5.41, 5.74) is 5.67. The first-order valence-electron chi connectivity index (χ1n) is 8.74. The lowest BCUT2D eigenvalue weighted by Gasteiger charge is -2.31. The quantitative estimate of drug-likeness (QED) is 0.354. The highest BCUT2D eigenvalue weighted by atomic mass is 16.7. The number of aromatic amines is 2. The number of aromatic nitrogens is 4. The molecular weight excluding hydrogens is 368 g/mol. The van der Waals surface area contributed by atoms with Gasteiger partial charge in [-0.2, -0.15) is 5.10 Å². The van der Waals surface area contributed by atoms with Gasteiger partial charge in [0.25, 0.3) is 11.1 Å². The Bertz CT molecular complexity index is 907. The van der Waals surface area contributed by atoms with Crippen LogP contribution in [0.4, 0.5) is 11.6 Å². The number of hydrogen-bond donors (Lipinski definition) is 5. The lowest BCUT2D eigenvalue weighted by molar-refractivity contribution is -0.167. The molecule has 28 heavy (non-hydrogen) atoms. The van der Waals surface area contributed by atoms with Gasteiger partial charge in [-0.05, 0) is 12.8 Å². The number of hydrogen-bond acceptors (Lipinski definition) is 10. The molecule has 12 heteroatoms. The second-order valence-electron chi connectivity index (χ2n) is 6.13. The van der Waals surface area contributed by atoms with Crippen LogP contribution in [0.25, 0.3) is 0 Å². The van der Waals surface area contributed by atoms with E-state index >= 15 is 0 Å². The second-order valence-corrected chi connectivity index (χ2v) is 6.13. The number of anilines is 2. The summed E-state index contributed by atoms with van der Waals surface area (Å²) >= 11 is 0. The van der Waals surface area contributed by atoms with Gasteiger partial charge in [0.1, 0.15) is 5.82 Å². The zero-order valence-corrected chi connectivity index (χ0v) is 15.1. The van der Waals surface area contributed by atoms with Crippen LogP contribution in [0.1, 0.15) is 25.7 Å². The number of hydrazone groups is 1. The van der Waals surface area contributed by atoms with E-state index in [4.69, 9.17) is 15.3 Å². The molecule has 0 aromatic carbocycles. The van der Waals surface area contributed by atoms with E-state index < -0.39 is 0 Å². The summed E-state index contributed by atoms with van der Waals surface area (Å²) in [5.74, 6) is 5.39. The molecule has 6 N–H and O–H groups in total. The number of nitrogen functional groups attached to an aromatic ring is 1. The number of nitrogens with one attached hydrogen (secondary N) is 4. The van der Waals surface area contributed by atoms with E-state index in [1.165, 1.54) is 24.8 Å². The van der Waals surface area contributed by atoms with Crippen molar-refractivity contribution in [2.45, 2.75) is 31.5 Å². The molecule has 1 aliphatic heterocycles. The Morgan fingerprint density at radius 1 is 1.00 bits per heavy atom. The van der Waals surface area contributed by atoms with Gasteiger partial charge in [-0.3, -0.25) is 15.0 Å². The van der Waals surface area contributed by atoms with E-state index in [9.17, 15) is 9.59 Å². The predicted molar refractivity (Wildman–Crippen MR) is 102 cm³/mol. The molecule has 0 amide bonds. The third-order valence-electron chi connectivity index (χ3n) is 4.24. The third kappa shape index (κ3) is 5.45. The van der Waals surface area contributed by atoms with Crippen molar-refractivity contribution in [1.29, 1.82) is 0 Å². The first-order chi connectivity index (χ1) is 13.6. The normalized spacial score (nSPS) is 17.5. The Morgan fingerprint density at radius 3 is 2.11 bits per heavy atom. The van der Waals surface area contributed by atoms with E-state index in [0.29, 0.717) is 24.8 Å². The SMILES string of the molecule is NNc1cc(=O)[nH]cn1.O=c1cc(NN=C2CCC3(CC2)OCCO3)nc[nH]1. The van der Waals surface area contributed by atoms with E-state index in [2.05, 4.69) is 35.9 Å². The molecule has 1 saturated carbocycles. The van der Waals surface area contributed by atoms with Gasteiger partial charge in [-0.15, -0.1) is 0 Å². The molecule has 12 nitrogen and oxygen atoms in total. The number of hydrazine groups is 1. The zero-order valence-electron chi connectivity index (χ0n) is 15.1. The molecule has 150 valence electrons. The third-order valence-corrected chi connectivity index (χ3v) is 4.24. The Morgan fingerprint density at radius 2 is 1.57 bits per heavy atom. The fourth-order valence-electron chi connectivity index (χ4n) is 2.83. The van der Waals surface area contributed by atoms with Crippen LogP contribution in [0.15, 0.2) is 39.5 Å². The summed E-state index contributed by atoms with van der Waals surface area (Å²) < 4.78 is 11.3. The standard InChI is InChI=1S/C12H16N4O3.C4H6N4O/c17-11-7-10(13-8-14-11)16-15-9-1-3-12(4-2-9)18-5-6-19-12;5-8-3-1-4(9)7-2-6-3/h7-8H,1-6H2,(H2,13,14,16,17);1-2H,5H2,(H2,6,7,8,9). The van der Waals surface area contributed by atoms with Crippen LogP contribution in [0.5, 0.6) is 0 Å². The summed E-state index contributed by atoms with van der Waals surface area (Å²) in [6.07, 6.45) is 5.94. The molecule has 0 atom stereocenters. The van der Waals surface area contributed by atoms with Crippen molar-refractivity contribution in [3.05, 3.63) is 45.5 Å². The van der Waals surface area contributed by atoms with E-state index in [1.807, 2.05) is 0 Å². The van der Waals surface area contributed by atoms with Crippen LogP contribution in [-0.2, 0) is 9.47 Å². The maximum atomic E-state index is 11.1. The molecule has 1 saturated heterocycles. The molecule has 0 unspecified atom stereocenters. The van der Waals surface area contributed by atoms with E-state index in [1.54, 1.807) is 0 Å². The fourth-order valence-corrected chi connectivity index (χ4v) is 2.83. The van der Waals surface area contributed by atoms with Crippen molar-refractivity contribution in [3.8, 4) is 0 Å². The molecule has 4 rings (SSSR count). The lowest BCUT2D eigenvalue weighted by Crippen LogP contribution is -2.35. The van der Waals surface area contributed by atoms with Gasteiger partial charge < -0.3 is 24.9 Å². The predicted octanol–water partition coefficient (Wildman–Crippen LogP) is -0.0896. The average molecular weight is 390 g/mol. The minimum atomic E-state index is -0.374. The fraction of sp³-hybridized carbons (Fsp3) is 0.438. The van der Waals surface area contributed by atoms with Crippen LogP contribution in [0, 0.1) is 0 Å². The van der Waals surface area contributed by atoms with Crippen LogP contribution in [-0.4, -0.2) is 44.6 Å². The van der Waals surface area contributed by atoms with Crippen LogP contribution in [0.2, 0.25) is 0 Å².